The number of carbonyl (C=O) groups is 1. The summed E-state index contributed by atoms with van der Waals surface area (Å²) >= 11 is 0. The largest absolute Gasteiger partial charge is 0.508 e. The second-order valence-electron chi connectivity index (χ2n) is 9.43. The third-order valence-corrected chi connectivity index (χ3v) is 6.52. The van der Waals surface area contributed by atoms with Crippen LogP contribution < -0.4 is 5.32 Å². The topological polar surface area (TPSA) is 99.5 Å². The molecule has 38 heavy (non-hydrogen) atoms. The Balaban J connectivity index is 0.000000360. The first-order chi connectivity index (χ1) is 18.2. The summed E-state index contributed by atoms with van der Waals surface area (Å²) in [6.45, 7) is 4.47. The number of aromatic nitrogens is 1. The van der Waals surface area contributed by atoms with Gasteiger partial charge in [-0.15, -0.1) is 0 Å². The molecule has 2 fully saturated rings. The van der Waals surface area contributed by atoms with Gasteiger partial charge >= 0.3 is 5.97 Å². The maximum atomic E-state index is 14.2. The highest BCUT2D eigenvalue weighted by Gasteiger charge is 2.42. The smallest absolute Gasteiger partial charge is 0.337 e. The molecule has 3 aliphatic rings. The number of hydrogen-bond donors (Lipinski definition) is 2. The predicted molar refractivity (Wildman–Crippen MR) is 133 cm³/mol. The van der Waals surface area contributed by atoms with E-state index in [1.54, 1.807) is 0 Å². The standard InChI is InChI=1S/C20H25F2N5O3.C6H5FO/c1-26-5-6-30-20(11-26)3-4-27(12-20)10-16-14(19(28)29-2)9-24-18(25-16)17-15(22)7-13(21)8-23-17;7-5-2-1-3-6(8)4-5/h7-8H,3-6,9-12H2,1-2H3,(H,24,25);1-4,8H. The molecular formula is C26H30F3N5O4. The van der Waals surface area contributed by atoms with E-state index in [2.05, 4.69) is 32.1 Å². The summed E-state index contributed by atoms with van der Waals surface area (Å²) in [5, 5.41) is 11.6. The summed E-state index contributed by atoms with van der Waals surface area (Å²) < 4.78 is 50.4. The number of halogens is 3. The fourth-order valence-corrected chi connectivity index (χ4v) is 4.72. The molecule has 9 nitrogen and oxygen atoms in total. The zero-order valence-corrected chi connectivity index (χ0v) is 21.2. The quantitative estimate of drug-likeness (QED) is 0.577. The van der Waals surface area contributed by atoms with Gasteiger partial charge in [0.15, 0.2) is 11.7 Å². The Labute approximate surface area is 218 Å². The van der Waals surface area contributed by atoms with Crippen molar-refractivity contribution in [3.05, 3.63) is 70.9 Å². The number of phenolic OH excluding ortho intramolecular Hbond substituents is 1. The van der Waals surface area contributed by atoms with Crippen LogP contribution in [0, 0.1) is 17.5 Å². The highest BCUT2D eigenvalue weighted by molar-refractivity contribution is 6.02. The van der Waals surface area contributed by atoms with Crippen LogP contribution in [0.3, 0.4) is 0 Å². The number of phenols is 1. The van der Waals surface area contributed by atoms with Crippen molar-refractivity contribution >= 4 is 11.8 Å². The molecule has 0 saturated carbocycles. The summed E-state index contributed by atoms with van der Waals surface area (Å²) in [6, 6.07) is 5.96. The number of nitrogens with one attached hydrogen (secondary N) is 1. The lowest BCUT2D eigenvalue weighted by molar-refractivity contribution is -0.136. The molecule has 204 valence electrons. The number of hydrogen-bond acceptors (Lipinski definition) is 9. The molecule has 2 N–H and O–H groups in total. The molecule has 2 aromatic rings. The van der Waals surface area contributed by atoms with E-state index >= 15 is 0 Å². The van der Waals surface area contributed by atoms with Crippen LogP contribution in [0.1, 0.15) is 12.1 Å². The molecule has 0 bridgehead atoms. The number of aromatic hydroxyl groups is 1. The van der Waals surface area contributed by atoms with Crippen molar-refractivity contribution in [2.45, 2.75) is 12.0 Å². The molecule has 0 amide bonds. The van der Waals surface area contributed by atoms with Crippen LogP contribution in [-0.2, 0) is 14.3 Å². The molecule has 1 unspecified atom stereocenters. The molecule has 1 aromatic heterocycles. The van der Waals surface area contributed by atoms with Gasteiger partial charge in [-0.1, -0.05) is 6.07 Å². The van der Waals surface area contributed by atoms with Gasteiger partial charge < -0.3 is 24.8 Å². The Morgan fingerprint density at radius 1 is 1.21 bits per heavy atom. The number of rotatable bonds is 4. The Morgan fingerprint density at radius 3 is 2.68 bits per heavy atom. The van der Waals surface area contributed by atoms with Crippen LogP contribution in [0.4, 0.5) is 13.2 Å². The first kappa shape index (κ1) is 27.6. The first-order valence-corrected chi connectivity index (χ1v) is 12.1. The third kappa shape index (κ3) is 6.69. The Kier molecular flexibility index (Phi) is 8.65. The van der Waals surface area contributed by atoms with Crippen LogP contribution in [-0.4, -0.2) is 97.3 Å². The second-order valence-corrected chi connectivity index (χ2v) is 9.43. The van der Waals surface area contributed by atoms with Crippen LogP contribution in [0.5, 0.6) is 5.75 Å². The Bertz CT molecular complexity index is 1220. The molecule has 3 aliphatic heterocycles. The van der Waals surface area contributed by atoms with Gasteiger partial charge in [-0.3, -0.25) is 9.89 Å². The number of carbonyl (C=O) groups excluding carboxylic acids is 1. The zero-order chi connectivity index (χ0) is 27.3. The van der Waals surface area contributed by atoms with Crippen LogP contribution >= 0.6 is 0 Å². The first-order valence-electron chi connectivity index (χ1n) is 12.1. The predicted octanol–water partition coefficient (Wildman–Crippen LogP) is 2.07. The average Bonchev–Trinajstić information content (AvgIpc) is 3.24. The van der Waals surface area contributed by atoms with Gasteiger partial charge in [0, 0.05) is 50.6 Å². The number of esters is 1. The van der Waals surface area contributed by atoms with E-state index in [4.69, 9.17) is 14.6 Å². The van der Waals surface area contributed by atoms with Crippen molar-refractivity contribution in [3.63, 3.8) is 0 Å². The monoisotopic (exact) mass is 533 g/mol. The van der Waals surface area contributed by atoms with Crippen molar-refractivity contribution in [1.29, 1.82) is 0 Å². The van der Waals surface area contributed by atoms with Gasteiger partial charge in [0.2, 0.25) is 0 Å². The lowest BCUT2D eigenvalue weighted by Gasteiger charge is -2.39. The van der Waals surface area contributed by atoms with Crippen molar-refractivity contribution < 1.29 is 32.5 Å². The Morgan fingerprint density at radius 2 is 2.03 bits per heavy atom. The number of likely N-dealkylation sites (tertiary alicyclic amines) is 1. The van der Waals surface area contributed by atoms with Crippen molar-refractivity contribution in [3.8, 4) is 5.75 Å². The number of nitrogens with zero attached hydrogens (tertiary/aromatic N) is 4. The van der Waals surface area contributed by atoms with E-state index in [0.29, 0.717) is 24.4 Å². The number of morpholine rings is 1. The van der Waals surface area contributed by atoms with Crippen LogP contribution in [0.2, 0.25) is 0 Å². The normalized spacial score (nSPS) is 22.0. The zero-order valence-electron chi connectivity index (χ0n) is 21.2. The maximum Gasteiger partial charge on any atom is 0.337 e. The molecule has 0 aliphatic carbocycles. The molecule has 2 saturated heterocycles. The second kappa shape index (κ2) is 11.9. The van der Waals surface area contributed by atoms with E-state index < -0.39 is 23.4 Å². The average molecular weight is 534 g/mol. The highest BCUT2D eigenvalue weighted by Crippen LogP contribution is 2.29. The maximum absolute atomic E-state index is 14.2. The molecule has 1 atom stereocenters. The molecule has 1 aromatic carbocycles. The van der Waals surface area contributed by atoms with Gasteiger partial charge in [-0.25, -0.2) is 22.9 Å². The minimum atomic E-state index is -0.819. The van der Waals surface area contributed by atoms with Gasteiger partial charge in [-0.2, -0.15) is 0 Å². The number of aliphatic imine (C=N–C) groups is 1. The van der Waals surface area contributed by atoms with Gasteiger partial charge in [0.25, 0.3) is 0 Å². The SMILES string of the molecule is COC(=O)C1=C(CN2CCC3(CN(C)CCO3)C2)NC(c2ncc(F)cc2F)=NC1.Oc1cccc(F)c1. The summed E-state index contributed by atoms with van der Waals surface area (Å²) in [5.41, 5.74) is 0.660. The fraction of sp³-hybridized carbons (Fsp3) is 0.423. The van der Waals surface area contributed by atoms with Crippen LogP contribution in [0.15, 0.2) is 52.8 Å². The highest BCUT2D eigenvalue weighted by atomic mass is 19.1. The summed E-state index contributed by atoms with van der Waals surface area (Å²) in [7, 11) is 3.39. The fourth-order valence-electron chi connectivity index (χ4n) is 4.72. The number of methoxy groups -OCH3 is 1. The number of likely N-dealkylation sites (N-methyl/N-ethyl adjacent to an activating group) is 1. The summed E-state index contributed by atoms with van der Waals surface area (Å²) in [5.74, 6) is -2.36. The van der Waals surface area contributed by atoms with Crippen LogP contribution in [0.25, 0.3) is 0 Å². The molecule has 5 rings (SSSR count). The minimum absolute atomic E-state index is 0.0288. The number of pyridine rings is 1. The molecule has 4 heterocycles. The molecular weight excluding hydrogens is 503 g/mol. The Hall–Kier alpha value is -3.48. The summed E-state index contributed by atoms with van der Waals surface area (Å²) in [4.78, 5) is 24.8. The number of ether oxygens (including phenoxy) is 2. The molecule has 12 heteroatoms. The van der Waals surface area contributed by atoms with Crippen molar-refractivity contribution in [2.24, 2.45) is 4.99 Å². The lowest BCUT2D eigenvalue weighted by atomic mass is 10.0. The molecule has 1 spiro atoms. The van der Waals surface area contributed by atoms with E-state index in [9.17, 15) is 18.0 Å². The van der Waals surface area contributed by atoms with Crippen molar-refractivity contribution in [2.75, 3.05) is 60.0 Å². The van der Waals surface area contributed by atoms with Gasteiger partial charge in [0.05, 0.1) is 37.6 Å². The third-order valence-electron chi connectivity index (χ3n) is 6.52. The van der Waals surface area contributed by atoms with E-state index in [1.807, 2.05) is 0 Å². The number of amidine groups is 1. The van der Waals surface area contributed by atoms with E-state index in [1.165, 1.54) is 25.3 Å². The van der Waals surface area contributed by atoms with Gasteiger partial charge in [-0.05, 0) is 25.6 Å². The summed E-state index contributed by atoms with van der Waals surface area (Å²) in [6.07, 6.45) is 1.83. The minimum Gasteiger partial charge on any atom is -0.508 e. The van der Waals surface area contributed by atoms with E-state index in [-0.39, 0.29) is 29.4 Å². The van der Waals surface area contributed by atoms with Gasteiger partial charge in [0.1, 0.15) is 23.1 Å². The lowest BCUT2D eigenvalue weighted by Crippen LogP contribution is -2.52. The number of benzene rings is 1. The van der Waals surface area contributed by atoms with E-state index in [0.717, 1.165) is 50.9 Å². The molecule has 0 radical (unpaired) electrons. The van der Waals surface area contributed by atoms with Crippen molar-refractivity contribution in [1.82, 2.24) is 20.1 Å².